The number of rotatable bonds is 1. The highest BCUT2D eigenvalue weighted by Crippen LogP contribution is 2.21. The molecule has 0 N–H and O–H groups in total. The van der Waals surface area contributed by atoms with Gasteiger partial charge >= 0.3 is 0 Å². The molecule has 0 aliphatic heterocycles. The minimum absolute atomic E-state index is 0.436. The maximum atomic E-state index is 4.24. The molecule has 2 heteroatoms. The maximum absolute atomic E-state index is 4.24. The van der Waals surface area contributed by atoms with Crippen molar-refractivity contribution in [2.45, 2.75) is 5.92 Å². The van der Waals surface area contributed by atoms with Gasteiger partial charge in [-0.15, -0.1) is 0 Å². The number of hydrogen-bond acceptors (Lipinski definition) is 2. The van der Waals surface area contributed by atoms with E-state index in [2.05, 4.69) is 34.7 Å². The van der Waals surface area contributed by atoms with E-state index >= 15 is 0 Å². The lowest BCUT2D eigenvalue weighted by Crippen LogP contribution is -1.86. The molecule has 0 fully saturated rings. The summed E-state index contributed by atoms with van der Waals surface area (Å²) in [5, 5.41) is 2.01. The highest BCUT2D eigenvalue weighted by molar-refractivity contribution is 7.03. The molecule has 0 aromatic carbocycles. The average Bonchev–Trinajstić information content (AvgIpc) is 2.59. The van der Waals surface area contributed by atoms with Crippen LogP contribution in [0.15, 0.2) is 35.8 Å². The molecule has 1 aliphatic rings. The fourth-order valence-electron chi connectivity index (χ4n) is 1.02. The first kappa shape index (κ1) is 5.86. The molecule has 0 saturated carbocycles. The van der Waals surface area contributed by atoms with Crippen LogP contribution < -0.4 is 0 Å². The second kappa shape index (κ2) is 2.39. The molecular formula is C8H7NS. The summed E-state index contributed by atoms with van der Waals surface area (Å²) < 4.78 is 4.24. The Balaban J connectivity index is 2.29. The van der Waals surface area contributed by atoms with E-state index in [4.69, 9.17) is 0 Å². The molecule has 50 valence electrons. The molecule has 1 aliphatic carbocycles. The standard InChI is InChI=1S/C8H7NS/c1-2-4-7(3-1)8-5-6-10-9-8/h1-7H. The molecule has 0 spiro atoms. The zero-order valence-corrected chi connectivity index (χ0v) is 6.21. The van der Waals surface area contributed by atoms with Crippen LogP contribution in [-0.4, -0.2) is 4.37 Å². The number of aromatic nitrogens is 1. The largest absolute Gasteiger partial charge is 0.197 e. The Bertz CT molecular complexity index is 247. The quantitative estimate of drug-likeness (QED) is 0.597. The smallest absolute Gasteiger partial charge is 0.0648 e. The molecule has 0 bridgehead atoms. The van der Waals surface area contributed by atoms with E-state index < -0.39 is 0 Å². The van der Waals surface area contributed by atoms with Gasteiger partial charge in [-0.1, -0.05) is 24.3 Å². The topological polar surface area (TPSA) is 12.9 Å². The Hall–Kier alpha value is -0.890. The first-order valence-electron chi connectivity index (χ1n) is 3.22. The molecule has 0 radical (unpaired) electrons. The molecule has 1 heterocycles. The van der Waals surface area contributed by atoms with Crippen molar-refractivity contribution in [1.29, 1.82) is 0 Å². The highest BCUT2D eigenvalue weighted by atomic mass is 32.1. The summed E-state index contributed by atoms with van der Waals surface area (Å²) in [7, 11) is 0. The van der Waals surface area contributed by atoms with Crippen molar-refractivity contribution in [2.24, 2.45) is 0 Å². The van der Waals surface area contributed by atoms with Crippen molar-refractivity contribution in [3.8, 4) is 0 Å². The third-order valence-corrected chi connectivity index (χ3v) is 2.12. The monoisotopic (exact) mass is 149 g/mol. The Kier molecular flexibility index (Phi) is 1.40. The van der Waals surface area contributed by atoms with Gasteiger partial charge in [-0.25, -0.2) is 0 Å². The summed E-state index contributed by atoms with van der Waals surface area (Å²) in [6.45, 7) is 0. The first-order chi connectivity index (χ1) is 4.97. The molecule has 1 aromatic heterocycles. The van der Waals surface area contributed by atoms with Crippen molar-refractivity contribution >= 4 is 11.5 Å². The van der Waals surface area contributed by atoms with Crippen LogP contribution in [0.5, 0.6) is 0 Å². The van der Waals surface area contributed by atoms with E-state index in [9.17, 15) is 0 Å². The summed E-state index contributed by atoms with van der Waals surface area (Å²) in [6, 6.07) is 2.06. The molecule has 0 amide bonds. The SMILES string of the molecule is C1=CC(c2ccsn2)C=C1. The van der Waals surface area contributed by atoms with Crippen LogP contribution >= 0.6 is 11.5 Å². The lowest BCUT2D eigenvalue weighted by atomic mass is 10.1. The normalized spacial score (nSPS) is 16.8. The van der Waals surface area contributed by atoms with E-state index in [1.165, 1.54) is 11.5 Å². The molecule has 0 atom stereocenters. The van der Waals surface area contributed by atoms with E-state index in [0.29, 0.717) is 5.92 Å². The van der Waals surface area contributed by atoms with Crippen LogP contribution in [0.25, 0.3) is 0 Å². The summed E-state index contributed by atoms with van der Waals surface area (Å²) in [4.78, 5) is 0. The fourth-order valence-corrected chi connectivity index (χ4v) is 1.59. The van der Waals surface area contributed by atoms with Gasteiger partial charge in [-0.05, 0) is 17.6 Å². The summed E-state index contributed by atoms with van der Waals surface area (Å²) in [5.41, 5.74) is 1.16. The van der Waals surface area contributed by atoms with Crippen LogP contribution in [0.4, 0.5) is 0 Å². The van der Waals surface area contributed by atoms with E-state index in [-0.39, 0.29) is 0 Å². The maximum Gasteiger partial charge on any atom is 0.0648 e. The van der Waals surface area contributed by atoms with Crippen molar-refractivity contribution in [1.82, 2.24) is 4.37 Å². The van der Waals surface area contributed by atoms with Crippen molar-refractivity contribution in [3.63, 3.8) is 0 Å². The average molecular weight is 149 g/mol. The predicted octanol–water partition coefficient (Wildman–Crippen LogP) is 2.35. The lowest BCUT2D eigenvalue weighted by molar-refractivity contribution is 1.05. The van der Waals surface area contributed by atoms with Crippen molar-refractivity contribution in [2.75, 3.05) is 0 Å². The number of hydrogen-bond donors (Lipinski definition) is 0. The van der Waals surface area contributed by atoms with E-state index in [1.54, 1.807) is 0 Å². The summed E-state index contributed by atoms with van der Waals surface area (Å²) in [5.74, 6) is 0.436. The van der Waals surface area contributed by atoms with Gasteiger partial charge in [0.15, 0.2) is 0 Å². The molecular weight excluding hydrogens is 142 g/mol. The molecule has 10 heavy (non-hydrogen) atoms. The summed E-state index contributed by atoms with van der Waals surface area (Å²) >= 11 is 1.51. The van der Waals surface area contributed by atoms with Gasteiger partial charge in [0.1, 0.15) is 0 Å². The van der Waals surface area contributed by atoms with Crippen LogP contribution in [0.1, 0.15) is 11.6 Å². The van der Waals surface area contributed by atoms with E-state index in [0.717, 1.165) is 5.69 Å². The predicted molar refractivity (Wildman–Crippen MR) is 43.1 cm³/mol. The molecule has 1 nitrogen and oxygen atoms in total. The number of nitrogens with zero attached hydrogens (tertiary/aromatic N) is 1. The second-order valence-electron chi connectivity index (χ2n) is 2.22. The van der Waals surface area contributed by atoms with Crippen molar-refractivity contribution in [3.05, 3.63) is 41.4 Å². The van der Waals surface area contributed by atoms with Gasteiger partial charge in [0.05, 0.1) is 5.69 Å². The van der Waals surface area contributed by atoms with Gasteiger partial charge < -0.3 is 0 Å². The zero-order valence-electron chi connectivity index (χ0n) is 5.40. The Morgan fingerprint density at radius 2 is 2.10 bits per heavy atom. The van der Waals surface area contributed by atoms with Crippen molar-refractivity contribution < 1.29 is 0 Å². The van der Waals surface area contributed by atoms with Gasteiger partial charge in [0.25, 0.3) is 0 Å². The Labute approximate surface area is 63.9 Å². The minimum Gasteiger partial charge on any atom is -0.197 e. The van der Waals surface area contributed by atoms with Crippen LogP contribution in [0.3, 0.4) is 0 Å². The molecule has 0 saturated heterocycles. The van der Waals surface area contributed by atoms with Crippen LogP contribution in [0.2, 0.25) is 0 Å². The van der Waals surface area contributed by atoms with Crippen LogP contribution in [-0.2, 0) is 0 Å². The highest BCUT2D eigenvalue weighted by Gasteiger charge is 2.07. The summed E-state index contributed by atoms with van der Waals surface area (Å²) in [6.07, 6.45) is 8.41. The molecule has 0 unspecified atom stereocenters. The number of allylic oxidation sites excluding steroid dienone is 4. The minimum atomic E-state index is 0.436. The Morgan fingerprint density at radius 1 is 1.30 bits per heavy atom. The second-order valence-corrected chi connectivity index (χ2v) is 2.89. The third kappa shape index (κ3) is 0.907. The lowest BCUT2D eigenvalue weighted by Gasteiger charge is -1.96. The Morgan fingerprint density at radius 3 is 2.70 bits per heavy atom. The third-order valence-electron chi connectivity index (χ3n) is 1.55. The van der Waals surface area contributed by atoms with Gasteiger partial charge in [0, 0.05) is 11.3 Å². The molecule has 2 rings (SSSR count). The van der Waals surface area contributed by atoms with Crippen LogP contribution in [0, 0.1) is 0 Å². The fraction of sp³-hybridized carbons (Fsp3) is 0.125. The zero-order chi connectivity index (χ0) is 6.81. The van der Waals surface area contributed by atoms with E-state index in [1.807, 2.05) is 5.38 Å². The van der Waals surface area contributed by atoms with Gasteiger partial charge in [0.2, 0.25) is 0 Å². The van der Waals surface area contributed by atoms with Gasteiger partial charge in [-0.2, -0.15) is 4.37 Å². The first-order valence-corrected chi connectivity index (χ1v) is 4.06. The molecule has 1 aromatic rings. The van der Waals surface area contributed by atoms with Gasteiger partial charge in [-0.3, -0.25) is 0 Å².